The van der Waals surface area contributed by atoms with Gasteiger partial charge in [0.05, 0.1) is 13.7 Å². The molecule has 0 amide bonds. The van der Waals surface area contributed by atoms with Gasteiger partial charge >= 0.3 is 0 Å². The topological polar surface area (TPSA) is 30.5 Å². The standard InChI is InChI=1S/C18H23NO2/c1-20-14-13-19-12-11-15-3-5-16(6-4-15)17-7-9-18(21-2)10-8-17/h3-10,19H,11-14H2,1-2H3. The fourth-order valence-electron chi connectivity index (χ4n) is 2.18. The van der Waals surface area contributed by atoms with Gasteiger partial charge in [0.2, 0.25) is 0 Å². The van der Waals surface area contributed by atoms with E-state index in [4.69, 9.17) is 9.47 Å². The summed E-state index contributed by atoms with van der Waals surface area (Å²) in [7, 11) is 3.41. The monoisotopic (exact) mass is 285 g/mol. The molecule has 2 rings (SSSR count). The lowest BCUT2D eigenvalue weighted by Gasteiger charge is -2.07. The molecule has 1 N–H and O–H groups in total. The van der Waals surface area contributed by atoms with Crippen LogP contribution in [0.25, 0.3) is 11.1 Å². The first kappa shape index (κ1) is 15.5. The van der Waals surface area contributed by atoms with E-state index in [1.807, 2.05) is 12.1 Å². The fourth-order valence-corrected chi connectivity index (χ4v) is 2.18. The van der Waals surface area contributed by atoms with Gasteiger partial charge in [-0.05, 0) is 41.8 Å². The molecule has 21 heavy (non-hydrogen) atoms. The maximum atomic E-state index is 5.18. The van der Waals surface area contributed by atoms with E-state index < -0.39 is 0 Å². The minimum Gasteiger partial charge on any atom is -0.497 e. The molecule has 0 heterocycles. The molecule has 0 fully saturated rings. The first-order valence-electron chi connectivity index (χ1n) is 7.26. The summed E-state index contributed by atoms with van der Waals surface area (Å²) in [6.45, 7) is 2.64. The van der Waals surface area contributed by atoms with E-state index in [0.29, 0.717) is 0 Å². The van der Waals surface area contributed by atoms with E-state index in [1.54, 1.807) is 14.2 Å². The molecule has 0 saturated heterocycles. The van der Waals surface area contributed by atoms with Crippen LogP contribution in [0, 0.1) is 0 Å². The van der Waals surface area contributed by atoms with Gasteiger partial charge in [-0.1, -0.05) is 36.4 Å². The smallest absolute Gasteiger partial charge is 0.118 e. The Hall–Kier alpha value is -1.84. The third-order valence-corrected chi connectivity index (χ3v) is 3.45. The molecule has 3 heteroatoms. The second-order valence-corrected chi connectivity index (χ2v) is 4.92. The van der Waals surface area contributed by atoms with Crippen molar-refractivity contribution in [2.24, 2.45) is 0 Å². The Balaban J connectivity index is 1.88. The lowest BCUT2D eigenvalue weighted by atomic mass is 10.0. The fraction of sp³-hybridized carbons (Fsp3) is 0.333. The number of rotatable bonds is 8. The third-order valence-electron chi connectivity index (χ3n) is 3.45. The molecule has 2 aromatic carbocycles. The van der Waals surface area contributed by atoms with Gasteiger partial charge in [0.1, 0.15) is 5.75 Å². The Kier molecular flexibility index (Phi) is 6.25. The van der Waals surface area contributed by atoms with Crippen molar-refractivity contribution in [1.29, 1.82) is 0 Å². The number of ether oxygens (including phenoxy) is 2. The van der Waals surface area contributed by atoms with Crippen molar-refractivity contribution >= 4 is 0 Å². The van der Waals surface area contributed by atoms with Gasteiger partial charge in [0.15, 0.2) is 0 Å². The summed E-state index contributed by atoms with van der Waals surface area (Å²) in [5.74, 6) is 0.887. The molecule has 0 saturated carbocycles. The minimum absolute atomic E-state index is 0.760. The highest BCUT2D eigenvalue weighted by molar-refractivity contribution is 5.64. The van der Waals surface area contributed by atoms with Crippen LogP contribution >= 0.6 is 0 Å². The van der Waals surface area contributed by atoms with E-state index >= 15 is 0 Å². The highest BCUT2D eigenvalue weighted by Crippen LogP contribution is 2.22. The number of methoxy groups -OCH3 is 2. The number of nitrogens with one attached hydrogen (secondary N) is 1. The van der Waals surface area contributed by atoms with Crippen LogP contribution in [0.15, 0.2) is 48.5 Å². The Labute approximate surface area is 126 Å². The van der Waals surface area contributed by atoms with Gasteiger partial charge < -0.3 is 14.8 Å². The van der Waals surface area contributed by atoms with Gasteiger partial charge in [0, 0.05) is 13.7 Å². The summed E-state index contributed by atoms with van der Waals surface area (Å²) >= 11 is 0. The van der Waals surface area contributed by atoms with Crippen LogP contribution in [-0.2, 0) is 11.2 Å². The van der Waals surface area contributed by atoms with Crippen LogP contribution in [0.1, 0.15) is 5.56 Å². The molecular formula is C18H23NO2. The molecule has 2 aromatic rings. The maximum absolute atomic E-state index is 5.18. The van der Waals surface area contributed by atoms with Crippen LogP contribution < -0.4 is 10.1 Å². The quantitative estimate of drug-likeness (QED) is 0.756. The summed E-state index contributed by atoms with van der Waals surface area (Å²) in [4.78, 5) is 0. The second kappa shape index (κ2) is 8.45. The molecule has 0 atom stereocenters. The number of benzene rings is 2. The molecule has 0 spiro atoms. The van der Waals surface area contributed by atoms with E-state index in [2.05, 4.69) is 41.7 Å². The first-order valence-corrected chi connectivity index (χ1v) is 7.26. The molecule has 0 bridgehead atoms. The first-order chi connectivity index (χ1) is 10.3. The summed E-state index contributed by atoms with van der Waals surface area (Å²) in [5, 5.41) is 3.35. The Morgan fingerprint density at radius 3 is 2.00 bits per heavy atom. The Morgan fingerprint density at radius 1 is 0.810 bits per heavy atom. The van der Waals surface area contributed by atoms with Gasteiger partial charge in [-0.15, -0.1) is 0 Å². The highest BCUT2D eigenvalue weighted by Gasteiger charge is 1.99. The van der Waals surface area contributed by atoms with Crippen LogP contribution in [0.3, 0.4) is 0 Å². The molecular weight excluding hydrogens is 262 g/mol. The molecule has 112 valence electrons. The molecule has 0 aromatic heterocycles. The van der Waals surface area contributed by atoms with Crippen LogP contribution in [-0.4, -0.2) is 33.9 Å². The summed E-state index contributed by atoms with van der Waals surface area (Å²) in [6.07, 6.45) is 1.03. The summed E-state index contributed by atoms with van der Waals surface area (Å²) < 4.78 is 10.2. The van der Waals surface area contributed by atoms with E-state index in [1.165, 1.54) is 16.7 Å². The van der Waals surface area contributed by atoms with Gasteiger partial charge in [0.25, 0.3) is 0 Å². The van der Waals surface area contributed by atoms with E-state index in [0.717, 1.165) is 31.9 Å². The lowest BCUT2D eigenvalue weighted by molar-refractivity contribution is 0.199. The van der Waals surface area contributed by atoms with Crippen molar-refractivity contribution in [3.05, 3.63) is 54.1 Å². The van der Waals surface area contributed by atoms with Crippen LogP contribution in [0.2, 0.25) is 0 Å². The zero-order chi connectivity index (χ0) is 14.9. The minimum atomic E-state index is 0.760. The van der Waals surface area contributed by atoms with Crippen LogP contribution in [0.4, 0.5) is 0 Å². The van der Waals surface area contributed by atoms with Crippen molar-refractivity contribution in [3.63, 3.8) is 0 Å². The molecule has 0 unspecified atom stereocenters. The normalized spacial score (nSPS) is 10.6. The van der Waals surface area contributed by atoms with Gasteiger partial charge in [-0.3, -0.25) is 0 Å². The average molecular weight is 285 g/mol. The van der Waals surface area contributed by atoms with Crippen molar-refractivity contribution in [2.75, 3.05) is 33.9 Å². The van der Waals surface area contributed by atoms with Crippen LogP contribution in [0.5, 0.6) is 5.75 Å². The maximum Gasteiger partial charge on any atom is 0.118 e. The van der Waals surface area contributed by atoms with Gasteiger partial charge in [-0.2, -0.15) is 0 Å². The van der Waals surface area contributed by atoms with Crippen molar-refractivity contribution in [2.45, 2.75) is 6.42 Å². The van der Waals surface area contributed by atoms with Crippen molar-refractivity contribution in [3.8, 4) is 16.9 Å². The van der Waals surface area contributed by atoms with Crippen molar-refractivity contribution < 1.29 is 9.47 Å². The molecule has 3 nitrogen and oxygen atoms in total. The molecule has 0 radical (unpaired) electrons. The molecule has 0 aliphatic heterocycles. The van der Waals surface area contributed by atoms with Crippen molar-refractivity contribution in [1.82, 2.24) is 5.32 Å². The number of hydrogen-bond acceptors (Lipinski definition) is 3. The Morgan fingerprint density at radius 2 is 1.43 bits per heavy atom. The third kappa shape index (κ3) is 4.88. The second-order valence-electron chi connectivity index (χ2n) is 4.92. The van der Waals surface area contributed by atoms with E-state index in [9.17, 15) is 0 Å². The molecule has 0 aliphatic rings. The predicted octanol–water partition coefficient (Wildman–Crippen LogP) is 3.14. The molecule has 0 aliphatic carbocycles. The largest absolute Gasteiger partial charge is 0.497 e. The highest BCUT2D eigenvalue weighted by atomic mass is 16.5. The van der Waals surface area contributed by atoms with E-state index in [-0.39, 0.29) is 0 Å². The summed E-state index contributed by atoms with van der Waals surface area (Å²) in [5.41, 5.74) is 3.78. The average Bonchev–Trinajstić information content (AvgIpc) is 2.55. The van der Waals surface area contributed by atoms with Gasteiger partial charge in [-0.25, -0.2) is 0 Å². The lowest BCUT2D eigenvalue weighted by Crippen LogP contribution is -2.21. The SMILES string of the molecule is COCCNCCc1ccc(-c2ccc(OC)cc2)cc1. The zero-order valence-corrected chi connectivity index (χ0v) is 12.8. The summed E-state index contributed by atoms with van der Waals surface area (Å²) in [6, 6.07) is 16.9. The Bertz CT molecular complexity index is 520. The number of hydrogen-bond donors (Lipinski definition) is 1. The zero-order valence-electron chi connectivity index (χ0n) is 12.8. The predicted molar refractivity (Wildman–Crippen MR) is 86.9 cm³/mol.